The zero-order valence-electron chi connectivity index (χ0n) is 14.1. The molecule has 0 radical (unpaired) electrons. The van der Waals surface area contributed by atoms with Crippen LogP contribution in [0.15, 0.2) is 78.9 Å². The fourth-order valence-corrected chi connectivity index (χ4v) is 2.61. The van der Waals surface area contributed by atoms with Gasteiger partial charge in [-0.25, -0.2) is 0 Å². The largest absolute Gasteiger partial charge is 0.376 e. The monoisotopic (exact) mass is 345 g/mol. The number of nitrogens with two attached hydrogens (primary N) is 1. The first-order chi connectivity index (χ1) is 12.6. The molecule has 0 spiro atoms. The Kier molecular flexibility index (Phi) is 5.29. The van der Waals surface area contributed by atoms with Gasteiger partial charge in [0.25, 0.3) is 0 Å². The van der Waals surface area contributed by atoms with Crippen molar-refractivity contribution in [1.82, 2.24) is 0 Å². The zero-order valence-corrected chi connectivity index (χ0v) is 14.1. The van der Waals surface area contributed by atoms with E-state index in [0.29, 0.717) is 11.3 Å². The number of carbonyl (C=O) groups excluding carboxylic acids is 2. The van der Waals surface area contributed by atoms with Crippen molar-refractivity contribution >= 4 is 23.2 Å². The molecule has 0 atom stereocenters. The molecule has 3 rings (SSSR count). The number of para-hydroxylation sites is 1. The Bertz CT molecular complexity index is 906. The van der Waals surface area contributed by atoms with Crippen LogP contribution in [0.2, 0.25) is 0 Å². The minimum Gasteiger partial charge on any atom is -0.376 e. The number of carbonyl (C=O) groups is 2. The number of rotatable bonds is 6. The summed E-state index contributed by atoms with van der Waals surface area (Å²) in [6.07, 6.45) is 0. The summed E-state index contributed by atoms with van der Waals surface area (Å²) in [5.74, 6) is -0.679. The maximum absolute atomic E-state index is 12.2. The molecule has 130 valence electrons. The molecule has 0 saturated carbocycles. The molecule has 5 heteroatoms. The van der Waals surface area contributed by atoms with E-state index in [9.17, 15) is 9.59 Å². The molecule has 0 saturated heterocycles. The van der Waals surface area contributed by atoms with Crippen LogP contribution in [0.3, 0.4) is 0 Å². The van der Waals surface area contributed by atoms with Crippen LogP contribution in [0.4, 0.5) is 11.4 Å². The highest BCUT2D eigenvalue weighted by Crippen LogP contribution is 2.27. The second-order valence-corrected chi connectivity index (χ2v) is 5.75. The lowest BCUT2D eigenvalue weighted by Crippen LogP contribution is -2.22. The van der Waals surface area contributed by atoms with Crippen molar-refractivity contribution in [3.63, 3.8) is 0 Å². The van der Waals surface area contributed by atoms with Gasteiger partial charge in [0.15, 0.2) is 0 Å². The standard InChI is InChI=1S/C21H19N3O2/c22-21(26)16-10-12-17(13-11-16)24-20(25)14-23-19-9-5-4-8-18(19)15-6-2-1-3-7-15/h1-13,23H,14H2,(H2,22,26)(H,24,25). The van der Waals surface area contributed by atoms with Gasteiger partial charge < -0.3 is 16.4 Å². The Morgan fingerprint density at radius 2 is 1.46 bits per heavy atom. The summed E-state index contributed by atoms with van der Waals surface area (Å²) in [4.78, 5) is 23.3. The number of primary amides is 1. The summed E-state index contributed by atoms with van der Waals surface area (Å²) in [5.41, 5.74) is 9.22. The van der Waals surface area contributed by atoms with E-state index in [-0.39, 0.29) is 12.5 Å². The molecule has 0 aliphatic heterocycles. The third-order valence-electron chi connectivity index (χ3n) is 3.90. The molecular formula is C21H19N3O2. The Balaban J connectivity index is 1.64. The van der Waals surface area contributed by atoms with Crippen LogP contribution in [0.1, 0.15) is 10.4 Å². The van der Waals surface area contributed by atoms with Gasteiger partial charge in [-0.2, -0.15) is 0 Å². The van der Waals surface area contributed by atoms with E-state index in [1.165, 1.54) is 0 Å². The maximum Gasteiger partial charge on any atom is 0.248 e. The summed E-state index contributed by atoms with van der Waals surface area (Å²) in [6.45, 7) is 0.126. The number of amides is 2. The molecule has 4 N–H and O–H groups in total. The van der Waals surface area contributed by atoms with Gasteiger partial charge in [0.2, 0.25) is 11.8 Å². The van der Waals surface area contributed by atoms with Gasteiger partial charge in [0.05, 0.1) is 6.54 Å². The Morgan fingerprint density at radius 1 is 0.808 bits per heavy atom. The van der Waals surface area contributed by atoms with Gasteiger partial charge in [-0.1, -0.05) is 48.5 Å². The second-order valence-electron chi connectivity index (χ2n) is 5.75. The molecule has 2 amide bonds. The molecule has 0 heterocycles. The quantitative estimate of drug-likeness (QED) is 0.639. The van der Waals surface area contributed by atoms with E-state index in [0.717, 1.165) is 16.8 Å². The molecular weight excluding hydrogens is 326 g/mol. The highest BCUT2D eigenvalue weighted by molar-refractivity contribution is 5.96. The van der Waals surface area contributed by atoms with Crippen molar-refractivity contribution in [1.29, 1.82) is 0 Å². The summed E-state index contributed by atoms with van der Waals surface area (Å²) in [5, 5.41) is 5.96. The van der Waals surface area contributed by atoms with E-state index >= 15 is 0 Å². The first-order valence-corrected chi connectivity index (χ1v) is 8.21. The molecule has 5 nitrogen and oxygen atoms in total. The fraction of sp³-hybridized carbons (Fsp3) is 0.0476. The lowest BCUT2D eigenvalue weighted by atomic mass is 10.0. The number of benzene rings is 3. The highest BCUT2D eigenvalue weighted by atomic mass is 16.2. The summed E-state index contributed by atoms with van der Waals surface area (Å²) in [6, 6.07) is 24.3. The third-order valence-corrected chi connectivity index (χ3v) is 3.90. The molecule has 0 aromatic heterocycles. The van der Waals surface area contributed by atoms with E-state index in [1.54, 1.807) is 24.3 Å². The number of hydrogen-bond acceptors (Lipinski definition) is 3. The molecule has 0 unspecified atom stereocenters. The van der Waals surface area contributed by atoms with E-state index < -0.39 is 5.91 Å². The average Bonchev–Trinajstić information content (AvgIpc) is 2.68. The smallest absolute Gasteiger partial charge is 0.248 e. The lowest BCUT2D eigenvalue weighted by molar-refractivity contribution is -0.114. The van der Waals surface area contributed by atoms with Crippen molar-refractivity contribution in [2.75, 3.05) is 17.2 Å². The van der Waals surface area contributed by atoms with Crippen molar-refractivity contribution in [3.05, 3.63) is 84.4 Å². The van der Waals surface area contributed by atoms with Gasteiger partial charge in [-0.05, 0) is 35.9 Å². The lowest BCUT2D eigenvalue weighted by Gasteiger charge is -2.12. The fourth-order valence-electron chi connectivity index (χ4n) is 2.61. The minimum absolute atomic E-state index is 0.126. The van der Waals surface area contributed by atoms with E-state index in [1.807, 2.05) is 54.6 Å². The van der Waals surface area contributed by atoms with Crippen LogP contribution in [0.5, 0.6) is 0 Å². The van der Waals surface area contributed by atoms with Gasteiger partial charge in [-0.3, -0.25) is 9.59 Å². The molecule has 3 aromatic rings. The van der Waals surface area contributed by atoms with Crippen LogP contribution in [0.25, 0.3) is 11.1 Å². The van der Waals surface area contributed by atoms with Gasteiger partial charge in [0.1, 0.15) is 0 Å². The van der Waals surface area contributed by atoms with Gasteiger partial charge in [-0.15, -0.1) is 0 Å². The normalized spacial score (nSPS) is 10.2. The predicted molar refractivity (Wildman–Crippen MR) is 104 cm³/mol. The van der Waals surface area contributed by atoms with Crippen LogP contribution in [-0.4, -0.2) is 18.4 Å². The van der Waals surface area contributed by atoms with Gasteiger partial charge in [0, 0.05) is 22.5 Å². The van der Waals surface area contributed by atoms with E-state index in [2.05, 4.69) is 10.6 Å². The second kappa shape index (κ2) is 7.98. The molecule has 0 fully saturated rings. The summed E-state index contributed by atoms with van der Waals surface area (Å²) < 4.78 is 0. The van der Waals surface area contributed by atoms with Crippen molar-refractivity contribution in [3.8, 4) is 11.1 Å². The predicted octanol–water partition coefficient (Wildman–Crippen LogP) is 3.50. The Morgan fingerprint density at radius 3 is 2.15 bits per heavy atom. The summed E-state index contributed by atoms with van der Waals surface area (Å²) in [7, 11) is 0. The average molecular weight is 345 g/mol. The minimum atomic E-state index is -0.498. The highest BCUT2D eigenvalue weighted by Gasteiger charge is 2.07. The molecule has 0 aliphatic carbocycles. The van der Waals surface area contributed by atoms with E-state index in [4.69, 9.17) is 5.73 Å². The SMILES string of the molecule is NC(=O)c1ccc(NC(=O)CNc2ccccc2-c2ccccc2)cc1. The number of anilines is 2. The van der Waals surface area contributed by atoms with Crippen LogP contribution in [0, 0.1) is 0 Å². The topological polar surface area (TPSA) is 84.2 Å². The number of hydrogen-bond donors (Lipinski definition) is 3. The molecule has 3 aromatic carbocycles. The van der Waals surface area contributed by atoms with Crippen LogP contribution in [-0.2, 0) is 4.79 Å². The van der Waals surface area contributed by atoms with Gasteiger partial charge >= 0.3 is 0 Å². The first kappa shape index (κ1) is 17.2. The molecule has 26 heavy (non-hydrogen) atoms. The van der Waals surface area contributed by atoms with Crippen LogP contribution < -0.4 is 16.4 Å². The maximum atomic E-state index is 12.2. The molecule has 0 aliphatic rings. The molecule has 0 bridgehead atoms. The van der Waals surface area contributed by atoms with Crippen molar-refractivity contribution in [2.45, 2.75) is 0 Å². The van der Waals surface area contributed by atoms with Crippen molar-refractivity contribution < 1.29 is 9.59 Å². The zero-order chi connectivity index (χ0) is 18.4. The van der Waals surface area contributed by atoms with Crippen molar-refractivity contribution in [2.24, 2.45) is 5.73 Å². The third kappa shape index (κ3) is 4.27. The Hall–Kier alpha value is -3.60. The summed E-state index contributed by atoms with van der Waals surface area (Å²) >= 11 is 0. The Labute approximate surface area is 151 Å². The number of nitrogens with one attached hydrogen (secondary N) is 2. The first-order valence-electron chi connectivity index (χ1n) is 8.21. The van der Waals surface area contributed by atoms with Crippen LogP contribution >= 0.6 is 0 Å².